The standard InChI is InChI=1S/C8H10F4/c1-3-6(10)5(2)8(12)7(11)4-9/h3-4H2,1-2H3/b6-5+,8-7-. The van der Waals surface area contributed by atoms with Crippen LogP contribution in [0.3, 0.4) is 0 Å². The molecule has 0 radical (unpaired) electrons. The normalized spacial score (nSPS) is 15.5. The number of rotatable bonds is 3. The third-order valence-corrected chi connectivity index (χ3v) is 1.40. The van der Waals surface area contributed by atoms with Gasteiger partial charge in [-0.3, -0.25) is 0 Å². The molecule has 0 amide bonds. The molecule has 0 aliphatic heterocycles. The molecule has 4 heteroatoms. The second-order valence-electron chi connectivity index (χ2n) is 2.24. The van der Waals surface area contributed by atoms with Gasteiger partial charge in [0.15, 0.2) is 11.7 Å². The topological polar surface area (TPSA) is 0 Å². The third-order valence-electron chi connectivity index (χ3n) is 1.40. The maximum absolute atomic E-state index is 12.6. The Morgan fingerprint density at radius 2 is 1.58 bits per heavy atom. The minimum absolute atomic E-state index is 0.0289. The van der Waals surface area contributed by atoms with Gasteiger partial charge >= 0.3 is 0 Å². The van der Waals surface area contributed by atoms with Crippen LogP contribution in [-0.4, -0.2) is 6.67 Å². The number of halogens is 4. The molecular weight excluding hydrogens is 172 g/mol. The zero-order valence-electron chi connectivity index (χ0n) is 6.93. The van der Waals surface area contributed by atoms with E-state index in [4.69, 9.17) is 0 Å². The van der Waals surface area contributed by atoms with E-state index in [0.29, 0.717) is 0 Å². The first kappa shape index (κ1) is 11.2. The molecule has 0 rings (SSSR count). The van der Waals surface area contributed by atoms with E-state index in [9.17, 15) is 17.6 Å². The molecule has 0 unspecified atom stereocenters. The Morgan fingerprint density at radius 3 is 1.92 bits per heavy atom. The van der Waals surface area contributed by atoms with Crippen LogP contribution in [0.15, 0.2) is 23.1 Å². The van der Waals surface area contributed by atoms with Crippen LogP contribution in [-0.2, 0) is 0 Å². The van der Waals surface area contributed by atoms with Crippen LogP contribution in [0.4, 0.5) is 17.6 Å². The highest BCUT2D eigenvalue weighted by Gasteiger charge is 2.11. The Balaban J connectivity index is 4.82. The van der Waals surface area contributed by atoms with Gasteiger partial charge in [-0.1, -0.05) is 6.92 Å². The van der Waals surface area contributed by atoms with E-state index >= 15 is 0 Å². The van der Waals surface area contributed by atoms with Crippen molar-refractivity contribution < 1.29 is 17.6 Å². The summed E-state index contributed by atoms with van der Waals surface area (Å²) in [5, 5.41) is 0. The fraction of sp³-hybridized carbons (Fsp3) is 0.500. The van der Waals surface area contributed by atoms with E-state index in [2.05, 4.69) is 0 Å². The van der Waals surface area contributed by atoms with Crippen LogP contribution in [0.25, 0.3) is 0 Å². The predicted octanol–water partition coefficient (Wildman–Crippen LogP) is 3.76. The summed E-state index contributed by atoms with van der Waals surface area (Å²) in [6, 6.07) is 0. The molecule has 0 aromatic carbocycles. The van der Waals surface area contributed by atoms with E-state index in [0.717, 1.165) is 6.92 Å². The van der Waals surface area contributed by atoms with Crippen molar-refractivity contribution in [2.24, 2.45) is 0 Å². The number of allylic oxidation sites excluding steroid dienone is 4. The zero-order valence-corrected chi connectivity index (χ0v) is 6.93. The molecule has 0 spiro atoms. The number of hydrogen-bond acceptors (Lipinski definition) is 0. The first-order valence-electron chi connectivity index (χ1n) is 3.50. The molecule has 0 aromatic rings. The van der Waals surface area contributed by atoms with E-state index in [1.54, 1.807) is 0 Å². The molecule has 0 nitrogen and oxygen atoms in total. The highest BCUT2D eigenvalue weighted by molar-refractivity contribution is 5.28. The molecule has 0 aromatic heterocycles. The fourth-order valence-electron chi connectivity index (χ4n) is 0.646. The summed E-state index contributed by atoms with van der Waals surface area (Å²) in [5.41, 5.74) is -0.465. The molecule has 0 N–H and O–H groups in total. The maximum Gasteiger partial charge on any atom is 0.167 e. The lowest BCUT2D eigenvalue weighted by Gasteiger charge is -1.99. The molecule has 12 heavy (non-hydrogen) atoms. The lowest BCUT2D eigenvalue weighted by molar-refractivity contribution is 0.429. The molecule has 0 bridgehead atoms. The Labute approximate surface area is 68.6 Å². The Hall–Kier alpha value is -0.800. The van der Waals surface area contributed by atoms with Crippen molar-refractivity contribution >= 4 is 0 Å². The van der Waals surface area contributed by atoms with Gasteiger partial charge in [0.1, 0.15) is 12.5 Å². The minimum atomic E-state index is -1.56. The molecular formula is C8H10F4. The number of hydrogen-bond donors (Lipinski definition) is 0. The van der Waals surface area contributed by atoms with Crippen molar-refractivity contribution in [1.82, 2.24) is 0 Å². The third kappa shape index (κ3) is 2.68. The highest BCUT2D eigenvalue weighted by Crippen LogP contribution is 2.22. The second kappa shape index (κ2) is 4.95. The van der Waals surface area contributed by atoms with Crippen molar-refractivity contribution in [3.63, 3.8) is 0 Å². The predicted molar refractivity (Wildman–Crippen MR) is 39.3 cm³/mol. The van der Waals surface area contributed by atoms with E-state index < -0.39 is 29.7 Å². The molecule has 0 atom stereocenters. The first-order valence-corrected chi connectivity index (χ1v) is 3.50. The molecule has 0 fully saturated rings. The van der Waals surface area contributed by atoms with Crippen molar-refractivity contribution in [2.75, 3.05) is 6.67 Å². The summed E-state index contributed by atoms with van der Waals surface area (Å²) >= 11 is 0. The number of alkyl halides is 1. The van der Waals surface area contributed by atoms with Gasteiger partial charge in [-0.05, 0) is 13.3 Å². The van der Waals surface area contributed by atoms with Crippen molar-refractivity contribution in [2.45, 2.75) is 20.3 Å². The summed E-state index contributed by atoms with van der Waals surface area (Å²) < 4.78 is 48.9. The average Bonchev–Trinajstić information content (AvgIpc) is 2.12. The smallest absolute Gasteiger partial charge is 0.167 e. The van der Waals surface area contributed by atoms with Crippen LogP contribution in [0.1, 0.15) is 20.3 Å². The second-order valence-corrected chi connectivity index (χ2v) is 2.24. The van der Waals surface area contributed by atoms with Crippen LogP contribution in [0, 0.1) is 0 Å². The van der Waals surface area contributed by atoms with Crippen molar-refractivity contribution in [1.29, 1.82) is 0 Å². The summed E-state index contributed by atoms with van der Waals surface area (Å²) in [4.78, 5) is 0. The van der Waals surface area contributed by atoms with Gasteiger partial charge in [0.05, 0.1) is 0 Å². The summed E-state index contributed by atoms with van der Waals surface area (Å²) in [7, 11) is 0. The monoisotopic (exact) mass is 182 g/mol. The van der Waals surface area contributed by atoms with E-state index in [-0.39, 0.29) is 6.42 Å². The lowest BCUT2D eigenvalue weighted by atomic mass is 10.2. The minimum Gasteiger partial charge on any atom is -0.243 e. The Kier molecular flexibility index (Phi) is 4.62. The van der Waals surface area contributed by atoms with Crippen LogP contribution in [0.5, 0.6) is 0 Å². The van der Waals surface area contributed by atoms with Crippen LogP contribution in [0.2, 0.25) is 0 Å². The zero-order chi connectivity index (χ0) is 9.72. The van der Waals surface area contributed by atoms with Gasteiger partial charge in [-0.15, -0.1) is 0 Å². The van der Waals surface area contributed by atoms with E-state index in [1.165, 1.54) is 6.92 Å². The van der Waals surface area contributed by atoms with Gasteiger partial charge < -0.3 is 0 Å². The average molecular weight is 182 g/mol. The molecule has 0 aliphatic carbocycles. The van der Waals surface area contributed by atoms with Crippen LogP contribution < -0.4 is 0 Å². The van der Waals surface area contributed by atoms with Crippen molar-refractivity contribution in [3.05, 3.63) is 23.1 Å². The largest absolute Gasteiger partial charge is 0.243 e. The van der Waals surface area contributed by atoms with E-state index in [1.807, 2.05) is 0 Å². The SMILES string of the molecule is CC/C(F)=C(C)\C(F)=C(\F)CF. The Bertz CT molecular complexity index is 191. The van der Waals surface area contributed by atoms with Gasteiger partial charge in [0.2, 0.25) is 0 Å². The quantitative estimate of drug-likeness (QED) is 0.460. The fourth-order valence-corrected chi connectivity index (χ4v) is 0.646. The maximum atomic E-state index is 12.6. The molecule has 0 heterocycles. The molecule has 0 saturated carbocycles. The van der Waals surface area contributed by atoms with Crippen LogP contribution >= 0.6 is 0 Å². The summed E-state index contributed by atoms with van der Waals surface area (Å²) in [6.45, 7) is 0.989. The Morgan fingerprint density at radius 1 is 1.08 bits per heavy atom. The molecule has 0 saturated heterocycles. The van der Waals surface area contributed by atoms with Gasteiger partial charge in [0, 0.05) is 5.57 Å². The van der Waals surface area contributed by atoms with Gasteiger partial charge in [-0.25, -0.2) is 17.6 Å². The highest BCUT2D eigenvalue weighted by atomic mass is 19.2. The molecule has 0 aliphatic rings. The van der Waals surface area contributed by atoms with Gasteiger partial charge in [0.25, 0.3) is 0 Å². The summed E-state index contributed by atoms with van der Waals surface area (Å²) in [5.74, 6) is -3.76. The van der Waals surface area contributed by atoms with Gasteiger partial charge in [-0.2, -0.15) is 0 Å². The molecule has 70 valence electrons. The van der Waals surface area contributed by atoms with Crippen molar-refractivity contribution in [3.8, 4) is 0 Å². The lowest BCUT2D eigenvalue weighted by Crippen LogP contribution is -1.88. The summed E-state index contributed by atoms with van der Waals surface area (Å²) in [6.07, 6.45) is -0.0289. The first-order chi connectivity index (χ1) is 5.54.